The Hall–Kier alpha value is -3.44. The minimum Gasteiger partial charge on any atom is -0.394 e. The average molecular weight is 573 g/mol. The van der Waals surface area contributed by atoms with Gasteiger partial charge in [-0.05, 0) is 48.4 Å². The van der Waals surface area contributed by atoms with Crippen LogP contribution in [-0.4, -0.2) is 74.2 Å². The number of urea groups is 1. The van der Waals surface area contributed by atoms with E-state index in [0.29, 0.717) is 18.8 Å². The molecule has 11 heteroatoms. The minimum atomic E-state index is -0.766. The van der Waals surface area contributed by atoms with Crippen LogP contribution in [0.25, 0.3) is 11.4 Å². The monoisotopic (exact) mass is 572 g/mol. The molecule has 0 saturated carbocycles. The molecular weight excluding hydrogens is 533 g/mol. The van der Waals surface area contributed by atoms with Crippen molar-refractivity contribution < 1.29 is 23.1 Å². The number of aliphatic hydroxyl groups excluding tert-OH is 1. The van der Waals surface area contributed by atoms with Crippen LogP contribution in [0.5, 0.6) is 0 Å². The van der Waals surface area contributed by atoms with Crippen molar-refractivity contribution in [3.63, 3.8) is 0 Å². The number of nitrogens with zero attached hydrogens (tertiary/aromatic N) is 5. The summed E-state index contributed by atoms with van der Waals surface area (Å²) in [4.78, 5) is 22.2. The Morgan fingerprint density at radius 1 is 1.20 bits per heavy atom. The van der Waals surface area contributed by atoms with Gasteiger partial charge in [-0.15, -0.1) is 0 Å². The van der Waals surface area contributed by atoms with Gasteiger partial charge < -0.3 is 20.6 Å². The summed E-state index contributed by atoms with van der Waals surface area (Å²) < 4.78 is 44.1. The molecule has 1 unspecified atom stereocenters. The van der Waals surface area contributed by atoms with Gasteiger partial charge in [-0.3, -0.25) is 0 Å². The van der Waals surface area contributed by atoms with Crippen LogP contribution in [0.2, 0.25) is 0 Å². The third-order valence-electron chi connectivity index (χ3n) is 7.44. The number of aromatic nitrogens is 3. The highest BCUT2D eigenvalue weighted by atomic mass is 19.1. The first-order valence-corrected chi connectivity index (χ1v) is 14.0. The number of carbonyl (C=O) groups is 1. The van der Waals surface area contributed by atoms with Crippen LogP contribution in [0.15, 0.2) is 48.5 Å². The Morgan fingerprint density at radius 2 is 1.93 bits per heavy atom. The van der Waals surface area contributed by atoms with E-state index in [0.717, 1.165) is 30.2 Å². The molecule has 0 spiro atoms. The lowest BCUT2D eigenvalue weighted by atomic mass is 9.84. The van der Waals surface area contributed by atoms with Gasteiger partial charge in [0.2, 0.25) is 0 Å². The molecule has 2 heterocycles. The lowest BCUT2D eigenvalue weighted by Gasteiger charge is -2.42. The van der Waals surface area contributed by atoms with Gasteiger partial charge >= 0.3 is 6.03 Å². The van der Waals surface area contributed by atoms with E-state index in [1.807, 2.05) is 51.1 Å². The predicted octanol–water partition coefficient (Wildman–Crippen LogP) is 4.92. The molecule has 1 aliphatic rings. The van der Waals surface area contributed by atoms with Gasteiger partial charge in [0.1, 0.15) is 18.3 Å². The highest BCUT2D eigenvalue weighted by Crippen LogP contribution is 2.40. The molecule has 0 aliphatic carbocycles. The van der Waals surface area contributed by atoms with Crippen LogP contribution in [-0.2, 0) is 6.54 Å². The summed E-state index contributed by atoms with van der Waals surface area (Å²) in [5, 5.41) is 14.6. The molecule has 8 nitrogen and oxygen atoms in total. The standard InChI is InChI=1S/C30H39F3N6O2/c1-30(2,3)26(38(15-13-22(34)17-31)29(41)37-14-7-10-23(37)19-40)28-35-27(24-16-21(32)11-12-25(24)33)36-39(28)18-20-8-5-4-6-9-20/h4-6,8-9,11-12,16,22-23,26,40H,7,10,13-15,17-19,34H2,1-3H3/t22?,23-,26-/m0/s1. The van der Waals surface area contributed by atoms with E-state index in [-0.39, 0.29) is 49.6 Å². The molecule has 0 radical (unpaired) electrons. The van der Waals surface area contributed by atoms with Gasteiger partial charge in [-0.1, -0.05) is 51.1 Å². The van der Waals surface area contributed by atoms with Gasteiger partial charge in [-0.25, -0.2) is 27.6 Å². The molecule has 3 aromatic rings. The molecule has 1 fully saturated rings. The molecule has 3 N–H and O–H groups in total. The van der Waals surface area contributed by atoms with E-state index < -0.39 is 35.8 Å². The molecule has 0 bridgehead atoms. The molecule has 2 aromatic carbocycles. The van der Waals surface area contributed by atoms with Crippen molar-refractivity contribution >= 4 is 6.03 Å². The van der Waals surface area contributed by atoms with Crippen molar-refractivity contribution in [2.45, 2.75) is 64.7 Å². The maximum atomic E-state index is 14.9. The van der Waals surface area contributed by atoms with Crippen molar-refractivity contribution in [2.24, 2.45) is 11.1 Å². The molecule has 3 atom stereocenters. The third kappa shape index (κ3) is 7.08. The van der Waals surface area contributed by atoms with Crippen molar-refractivity contribution in [1.29, 1.82) is 0 Å². The van der Waals surface area contributed by atoms with E-state index in [9.17, 15) is 23.1 Å². The van der Waals surface area contributed by atoms with Crippen LogP contribution in [0.1, 0.15) is 57.5 Å². The maximum Gasteiger partial charge on any atom is 0.320 e. The normalized spacial score (nSPS) is 17.1. The zero-order chi connectivity index (χ0) is 29.7. The molecule has 4 rings (SSSR count). The molecule has 2 amide bonds. The summed E-state index contributed by atoms with van der Waals surface area (Å²) in [5.41, 5.74) is 6.12. The van der Waals surface area contributed by atoms with Crippen molar-refractivity contribution in [3.8, 4) is 11.4 Å². The summed E-state index contributed by atoms with van der Waals surface area (Å²) in [6.07, 6.45) is 1.63. The second-order valence-corrected chi connectivity index (χ2v) is 11.7. The van der Waals surface area contributed by atoms with Crippen LogP contribution >= 0.6 is 0 Å². The second kappa shape index (κ2) is 13.0. The van der Waals surface area contributed by atoms with E-state index >= 15 is 0 Å². The third-order valence-corrected chi connectivity index (χ3v) is 7.44. The van der Waals surface area contributed by atoms with Crippen molar-refractivity contribution in [1.82, 2.24) is 24.6 Å². The van der Waals surface area contributed by atoms with Crippen LogP contribution in [0.4, 0.5) is 18.0 Å². The summed E-state index contributed by atoms with van der Waals surface area (Å²) in [5.74, 6) is -0.936. The largest absolute Gasteiger partial charge is 0.394 e. The Bertz CT molecular complexity index is 1310. The SMILES string of the molecule is CC(C)(C)[C@H](c1nc(-c2cc(F)ccc2F)nn1Cc1ccccc1)N(CCC(N)CF)C(=O)N1CCC[C@H]1CO. The number of hydrogen-bond acceptors (Lipinski definition) is 5. The number of hydrogen-bond donors (Lipinski definition) is 2. The average Bonchev–Trinajstić information content (AvgIpc) is 3.58. The van der Waals surface area contributed by atoms with Crippen LogP contribution in [0, 0.1) is 17.0 Å². The van der Waals surface area contributed by atoms with Crippen molar-refractivity contribution in [2.75, 3.05) is 26.4 Å². The van der Waals surface area contributed by atoms with Gasteiger partial charge in [0.25, 0.3) is 0 Å². The molecule has 222 valence electrons. The van der Waals surface area contributed by atoms with E-state index in [4.69, 9.17) is 10.7 Å². The molecule has 41 heavy (non-hydrogen) atoms. The number of rotatable bonds is 10. The lowest BCUT2D eigenvalue weighted by molar-refractivity contribution is 0.0704. The number of alkyl halides is 1. The van der Waals surface area contributed by atoms with Gasteiger partial charge in [0.15, 0.2) is 11.6 Å². The number of benzene rings is 2. The number of halogens is 3. The fourth-order valence-corrected chi connectivity index (χ4v) is 5.37. The number of aliphatic hydroxyl groups is 1. The van der Waals surface area contributed by atoms with E-state index in [1.165, 1.54) is 0 Å². The van der Waals surface area contributed by atoms with Gasteiger partial charge in [-0.2, -0.15) is 5.10 Å². The first-order chi connectivity index (χ1) is 19.5. The molecule has 1 saturated heterocycles. The van der Waals surface area contributed by atoms with Crippen LogP contribution in [0.3, 0.4) is 0 Å². The summed E-state index contributed by atoms with van der Waals surface area (Å²) >= 11 is 0. The molecule has 1 aromatic heterocycles. The number of amides is 2. The predicted molar refractivity (Wildman–Crippen MR) is 151 cm³/mol. The quantitative estimate of drug-likeness (QED) is 0.359. The van der Waals surface area contributed by atoms with Crippen LogP contribution < -0.4 is 5.73 Å². The van der Waals surface area contributed by atoms with Gasteiger partial charge in [0.05, 0.1) is 30.8 Å². The second-order valence-electron chi connectivity index (χ2n) is 11.7. The molecular formula is C30H39F3N6O2. The zero-order valence-electron chi connectivity index (χ0n) is 23.8. The summed E-state index contributed by atoms with van der Waals surface area (Å²) in [6.45, 7) is 5.81. The Morgan fingerprint density at radius 3 is 2.59 bits per heavy atom. The smallest absolute Gasteiger partial charge is 0.320 e. The summed E-state index contributed by atoms with van der Waals surface area (Å²) in [6, 6.07) is 10.5. The Balaban J connectivity index is 1.87. The highest BCUT2D eigenvalue weighted by Gasteiger charge is 2.42. The lowest BCUT2D eigenvalue weighted by Crippen LogP contribution is -2.52. The first-order valence-electron chi connectivity index (χ1n) is 14.0. The number of nitrogens with two attached hydrogens (primary N) is 1. The number of carbonyl (C=O) groups excluding carboxylic acids is 1. The molecule has 1 aliphatic heterocycles. The highest BCUT2D eigenvalue weighted by molar-refractivity contribution is 5.76. The minimum absolute atomic E-state index is 0.00977. The maximum absolute atomic E-state index is 14.9. The van der Waals surface area contributed by atoms with Gasteiger partial charge in [0, 0.05) is 19.1 Å². The summed E-state index contributed by atoms with van der Waals surface area (Å²) in [7, 11) is 0. The van der Waals surface area contributed by atoms with E-state index in [1.54, 1.807) is 14.5 Å². The topological polar surface area (TPSA) is 101 Å². The Kier molecular flexibility index (Phi) is 9.70. The number of likely N-dealkylation sites (tertiary alicyclic amines) is 1. The van der Waals surface area contributed by atoms with Crippen molar-refractivity contribution in [3.05, 3.63) is 71.6 Å². The zero-order valence-corrected chi connectivity index (χ0v) is 23.8. The fraction of sp³-hybridized carbons (Fsp3) is 0.500. The first kappa shape index (κ1) is 30.5. The Labute approximate surface area is 239 Å². The fourth-order valence-electron chi connectivity index (χ4n) is 5.37. The van der Waals surface area contributed by atoms with E-state index in [2.05, 4.69) is 5.10 Å².